The molecule has 0 spiro atoms. The van der Waals surface area contributed by atoms with Gasteiger partial charge in [-0.1, -0.05) is 0 Å². The van der Waals surface area contributed by atoms with E-state index in [4.69, 9.17) is 0 Å². The van der Waals surface area contributed by atoms with Crippen LogP contribution in [0.1, 0.15) is 34.6 Å². The average Bonchev–Trinajstić information content (AvgIpc) is 3.14. The molecule has 0 saturated carbocycles. The summed E-state index contributed by atoms with van der Waals surface area (Å²) in [7, 11) is 3.77. The molecule has 2 aromatic rings. The van der Waals surface area contributed by atoms with Gasteiger partial charge in [-0.3, -0.25) is 19.1 Å². The van der Waals surface area contributed by atoms with E-state index in [1.807, 2.05) is 17.9 Å². The van der Waals surface area contributed by atoms with E-state index in [1.165, 1.54) is 11.3 Å². The van der Waals surface area contributed by atoms with Gasteiger partial charge < -0.3 is 5.32 Å². The Labute approximate surface area is 142 Å². The maximum atomic E-state index is 12.1. The summed E-state index contributed by atoms with van der Waals surface area (Å²) in [5.41, 5.74) is 3.15. The lowest BCUT2D eigenvalue weighted by Crippen LogP contribution is -2.38. The summed E-state index contributed by atoms with van der Waals surface area (Å²) in [5, 5.41) is 11.4. The van der Waals surface area contributed by atoms with Crippen LogP contribution in [-0.2, 0) is 20.6 Å². The topological polar surface area (TPSA) is 68.0 Å². The lowest BCUT2D eigenvalue weighted by Gasteiger charge is -2.31. The third-order valence-electron chi connectivity index (χ3n) is 5.04. The third-order valence-corrected chi connectivity index (χ3v) is 5.04. The quantitative estimate of drug-likeness (QED) is 0.891. The van der Waals surface area contributed by atoms with Gasteiger partial charge in [0.2, 0.25) is 0 Å². The number of nitrogens with one attached hydrogen (secondary N) is 1. The first-order chi connectivity index (χ1) is 11.5. The first-order valence-electron chi connectivity index (χ1n) is 8.50. The molecule has 7 nitrogen and oxygen atoms in total. The number of nitrogens with zero attached hydrogens (tertiary/aromatic N) is 5. The number of carbonyl (C=O) groups is 1. The number of aromatic nitrogens is 4. The normalized spacial score (nSPS) is 16.5. The number of aryl methyl sites for hydroxylation is 2. The monoisotopic (exact) mass is 330 g/mol. The van der Waals surface area contributed by atoms with Crippen LogP contribution in [0.25, 0.3) is 0 Å². The molecule has 1 saturated heterocycles. The third kappa shape index (κ3) is 3.67. The summed E-state index contributed by atoms with van der Waals surface area (Å²) in [6.45, 7) is 5.96. The molecular weight excluding hydrogens is 304 g/mol. The van der Waals surface area contributed by atoms with Crippen molar-refractivity contribution in [1.82, 2.24) is 29.8 Å². The molecule has 2 aromatic heterocycles. The molecule has 1 fully saturated rings. The molecule has 0 radical (unpaired) electrons. The molecule has 0 atom stereocenters. The van der Waals surface area contributed by atoms with Crippen LogP contribution >= 0.6 is 0 Å². The summed E-state index contributed by atoms with van der Waals surface area (Å²) in [5.74, 6) is 0.511. The largest absolute Gasteiger partial charge is 0.350 e. The summed E-state index contributed by atoms with van der Waals surface area (Å²) in [6, 6.07) is 1.74. The van der Waals surface area contributed by atoms with Crippen molar-refractivity contribution < 1.29 is 4.79 Å². The second-order valence-electron chi connectivity index (χ2n) is 6.65. The van der Waals surface area contributed by atoms with Crippen LogP contribution in [0, 0.1) is 12.8 Å². The SMILES string of the molecule is Cc1c(CN2CCC(CNC(=O)c3ccnn3C)CC2)cnn1C. The van der Waals surface area contributed by atoms with Crippen molar-refractivity contribution >= 4 is 5.91 Å². The minimum absolute atomic E-state index is 0.0385. The standard InChI is InChI=1S/C17H26N6O/c1-13-15(11-20-21(13)2)12-23-8-5-14(6-9-23)10-18-17(24)16-4-7-19-22(16)3/h4,7,11,14H,5-6,8-10,12H2,1-3H3,(H,18,24). The molecule has 1 aliphatic heterocycles. The van der Waals surface area contributed by atoms with E-state index in [-0.39, 0.29) is 5.91 Å². The number of carbonyl (C=O) groups excluding carboxylic acids is 1. The molecule has 0 unspecified atom stereocenters. The van der Waals surface area contributed by atoms with Crippen LogP contribution in [0.4, 0.5) is 0 Å². The van der Waals surface area contributed by atoms with Crippen molar-refractivity contribution in [2.24, 2.45) is 20.0 Å². The Hall–Kier alpha value is -2.15. The van der Waals surface area contributed by atoms with Crippen molar-refractivity contribution in [2.45, 2.75) is 26.3 Å². The predicted molar refractivity (Wildman–Crippen MR) is 91.5 cm³/mol. The van der Waals surface area contributed by atoms with Gasteiger partial charge in [-0.2, -0.15) is 10.2 Å². The van der Waals surface area contributed by atoms with Gasteiger partial charge in [0.15, 0.2) is 0 Å². The zero-order valence-corrected chi connectivity index (χ0v) is 14.7. The van der Waals surface area contributed by atoms with E-state index >= 15 is 0 Å². The number of rotatable bonds is 5. The van der Waals surface area contributed by atoms with Gasteiger partial charge in [-0.25, -0.2) is 0 Å². The minimum Gasteiger partial charge on any atom is -0.350 e. The average molecular weight is 330 g/mol. The smallest absolute Gasteiger partial charge is 0.269 e. The minimum atomic E-state index is -0.0385. The maximum absolute atomic E-state index is 12.1. The molecular formula is C17H26N6O. The van der Waals surface area contributed by atoms with Crippen LogP contribution in [0.5, 0.6) is 0 Å². The summed E-state index contributed by atoms with van der Waals surface area (Å²) < 4.78 is 3.53. The molecule has 1 N–H and O–H groups in total. The second-order valence-corrected chi connectivity index (χ2v) is 6.65. The Morgan fingerprint density at radius 3 is 2.58 bits per heavy atom. The zero-order valence-electron chi connectivity index (χ0n) is 14.7. The first kappa shape index (κ1) is 16.7. The van der Waals surface area contributed by atoms with E-state index in [9.17, 15) is 4.79 Å². The maximum Gasteiger partial charge on any atom is 0.269 e. The van der Waals surface area contributed by atoms with Gasteiger partial charge in [0, 0.05) is 44.6 Å². The van der Waals surface area contributed by atoms with Crippen molar-refractivity contribution in [3.8, 4) is 0 Å². The van der Waals surface area contributed by atoms with Gasteiger partial charge in [0.25, 0.3) is 5.91 Å². The fourth-order valence-electron chi connectivity index (χ4n) is 3.21. The van der Waals surface area contributed by atoms with Gasteiger partial charge >= 0.3 is 0 Å². The highest BCUT2D eigenvalue weighted by molar-refractivity contribution is 5.92. The molecule has 0 bridgehead atoms. The first-order valence-corrected chi connectivity index (χ1v) is 8.50. The zero-order chi connectivity index (χ0) is 17.1. The Kier molecular flexibility index (Phi) is 4.99. The molecule has 24 heavy (non-hydrogen) atoms. The molecule has 0 aliphatic carbocycles. The Balaban J connectivity index is 1.43. The lowest BCUT2D eigenvalue weighted by atomic mass is 9.96. The Bertz CT molecular complexity index is 696. The number of amides is 1. The second kappa shape index (κ2) is 7.17. The lowest BCUT2D eigenvalue weighted by molar-refractivity contribution is 0.0926. The highest BCUT2D eigenvalue weighted by Gasteiger charge is 2.21. The van der Waals surface area contributed by atoms with Crippen LogP contribution in [0.2, 0.25) is 0 Å². The van der Waals surface area contributed by atoms with Crippen LogP contribution in [-0.4, -0.2) is 50.0 Å². The molecule has 1 amide bonds. The molecule has 3 heterocycles. The highest BCUT2D eigenvalue weighted by Crippen LogP contribution is 2.19. The number of hydrogen-bond donors (Lipinski definition) is 1. The van der Waals surface area contributed by atoms with Crippen molar-refractivity contribution in [1.29, 1.82) is 0 Å². The Morgan fingerprint density at radius 1 is 1.25 bits per heavy atom. The van der Waals surface area contributed by atoms with Crippen molar-refractivity contribution in [3.63, 3.8) is 0 Å². The number of hydrogen-bond acceptors (Lipinski definition) is 4. The van der Waals surface area contributed by atoms with E-state index < -0.39 is 0 Å². The fraction of sp³-hybridized carbons (Fsp3) is 0.588. The van der Waals surface area contributed by atoms with Gasteiger partial charge in [0.05, 0.1) is 6.20 Å². The van der Waals surface area contributed by atoms with Crippen molar-refractivity contribution in [3.05, 3.63) is 35.4 Å². The van der Waals surface area contributed by atoms with E-state index in [0.29, 0.717) is 11.6 Å². The summed E-state index contributed by atoms with van der Waals surface area (Å²) >= 11 is 0. The van der Waals surface area contributed by atoms with E-state index in [2.05, 4.69) is 27.3 Å². The van der Waals surface area contributed by atoms with Crippen LogP contribution in [0.15, 0.2) is 18.5 Å². The van der Waals surface area contributed by atoms with E-state index in [1.54, 1.807) is 24.0 Å². The molecule has 0 aromatic carbocycles. The number of piperidine rings is 1. The van der Waals surface area contributed by atoms with Gasteiger partial charge in [-0.05, 0) is 44.8 Å². The summed E-state index contributed by atoms with van der Waals surface area (Å²) in [4.78, 5) is 14.6. The van der Waals surface area contributed by atoms with Crippen molar-refractivity contribution in [2.75, 3.05) is 19.6 Å². The van der Waals surface area contributed by atoms with Crippen LogP contribution in [0.3, 0.4) is 0 Å². The van der Waals surface area contributed by atoms with Gasteiger partial charge in [-0.15, -0.1) is 0 Å². The molecule has 3 rings (SSSR count). The summed E-state index contributed by atoms with van der Waals surface area (Å²) in [6.07, 6.45) is 5.85. The Morgan fingerprint density at radius 2 is 2.00 bits per heavy atom. The molecule has 130 valence electrons. The number of likely N-dealkylation sites (tertiary alicyclic amines) is 1. The van der Waals surface area contributed by atoms with E-state index in [0.717, 1.165) is 39.0 Å². The predicted octanol–water partition coefficient (Wildman–Crippen LogP) is 1.10. The van der Waals surface area contributed by atoms with Gasteiger partial charge in [0.1, 0.15) is 5.69 Å². The molecule has 1 aliphatic rings. The molecule has 7 heteroatoms. The highest BCUT2D eigenvalue weighted by atomic mass is 16.2. The fourth-order valence-corrected chi connectivity index (χ4v) is 3.21. The van der Waals surface area contributed by atoms with Crippen LogP contribution < -0.4 is 5.32 Å².